The maximum atomic E-state index is 11.3. The Morgan fingerprint density at radius 2 is 1.67 bits per heavy atom. The molecule has 0 saturated heterocycles. The van der Waals surface area contributed by atoms with Crippen molar-refractivity contribution in [1.29, 1.82) is 0 Å². The number of aliphatic carboxylic acids is 1. The highest BCUT2D eigenvalue weighted by Gasteiger charge is 2.17. The summed E-state index contributed by atoms with van der Waals surface area (Å²) in [5.74, 6) is 5.79. The molecule has 0 radical (unpaired) electrons. The Labute approximate surface area is 87.4 Å². The Morgan fingerprint density at radius 1 is 1.20 bits per heavy atom. The molecule has 5 N–H and O–H groups in total. The maximum Gasteiger partial charge on any atom is 0.319 e. The smallest absolute Gasteiger partial charge is 0.319 e. The van der Waals surface area contributed by atoms with Crippen LogP contribution in [0.25, 0.3) is 0 Å². The van der Waals surface area contributed by atoms with Crippen molar-refractivity contribution in [1.82, 2.24) is 0 Å². The summed E-state index contributed by atoms with van der Waals surface area (Å²) in [6.45, 7) is 0. The fraction of sp³-hybridized carbons (Fsp3) is 0.125. The molecule has 0 atom stereocenters. The van der Waals surface area contributed by atoms with E-state index in [4.69, 9.17) is 5.11 Å². The molecule has 0 fully saturated rings. The van der Waals surface area contributed by atoms with Gasteiger partial charge in [0.15, 0.2) is 15.6 Å². The molecule has 0 aliphatic heterocycles. The first-order chi connectivity index (χ1) is 7.02. The number of carboxylic acids is 1. The molecule has 84 valence electrons. The van der Waals surface area contributed by atoms with Crippen molar-refractivity contribution >= 4 is 15.8 Å². The summed E-state index contributed by atoms with van der Waals surface area (Å²) in [5.41, 5.74) is 0. The zero-order valence-corrected chi connectivity index (χ0v) is 8.65. The number of benzene rings is 1. The van der Waals surface area contributed by atoms with E-state index in [-0.39, 0.29) is 4.90 Å². The minimum absolute atomic E-state index is 0.0393. The van der Waals surface area contributed by atoms with Gasteiger partial charge < -0.3 is 5.11 Å². The molecule has 0 amide bonds. The lowest BCUT2D eigenvalue weighted by Crippen LogP contribution is -2.15. The molecule has 0 heterocycles. The molecule has 0 aliphatic carbocycles. The molecule has 1 rings (SSSR count). The number of carboxylic acid groups (broad SMARTS) is 1. The lowest BCUT2D eigenvalue weighted by molar-refractivity contribution is -0.134. The predicted octanol–water partition coefficient (Wildman–Crippen LogP) is -0.636. The fourth-order valence-corrected chi connectivity index (χ4v) is 1.94. The van der Waals surface area contributed by atoms with E-state index in [1.807, 2.05) is 0 Å². The topological polar surface area (TPSA) is 123 Å². The zero-order chi connectivity index (χ0) is 11.9. The molecule has 15 heavy (non-hydrogen) atoms. The predicted molar refractivity (Wildman–Crippen MR) is 54.5 cm³/mol. The summed E-state index contributed by atoms with van der Waals surface area (Å²) in [4.78, 5) is 10.2. The van der Waals surface area contributed by atoms with Gasteiger partial charge in [-0.2, -0.15) is 0 Å². The van der Waals surface area contributed by atoms with Crippen LogP contribution in [-0.4, -0.2) is 25.2 Å². The highest BCUT2D eigenvalue weighted by molar-refractivity contribution is 7.92. The summed E-state index contributed by atoms with van der Waals surface area (Å²) in [7, 11) is -3.66. The van der Waals surface area contributed by atoms with Crippen LogP contribution in [-0.2, 0) is 14.6 Å². The van der Waals surface area contributed by atoms with Crippen LogP contribution in [0.2, 0.25) is 0 Å². The second-order valence-corrected chi connectivity index (χ2v) is 4.46. The van der Waals surface area contributed by atoms with Crippen LogP contribution in [0.5, 0.6) is 0 Å². The molecular formula is C8H12N2O4S. The second-order valence-electron chi connectivity index (χ2n) is 2.47. The lowest BCUT2D eigenvalue weighted by atomic mass is 10.4. The van der Waals surface area contributed by atoms with Gasteiger partial charge in [0.2, 0.25) is 0 Å². The van der Waals surface area contributed by atoms with Crippen molar-refractivity contribution in [3.63, 3.8) is 0 Å². The Morgan fingerprint density at radius 3 is 2.07 bits per heavy atom. The Bertz CT molecular complexity index is 402. The quantitative estimate of drug-likeness (QED) is 0.470. The van der Waals surface area contributed by atoms with Gasteiger partial charge in [-0.3, -0.25) is 16.5 Å². The van der Waals surface area contributed by atoms with Crippen LogP contribution in [0.3, 0.4) is 0 Å². The largest absolute Gasteiger partial charge is 0.480 e. The van der Waals surface area contributed by atoms with E-state index in [1.165, 1.54) is 12.1 Å². The van der Waals surface area contributed by atoms with Crippen molar-refractivity contribution in [3.05, 3.63) is 30.3 Å². The third kappa shape index (κ3) is 4.54. The van der Waals surface area contributed by atoms with Crippen molar-refractivity contribution < 1.29 is 18.3 Å². The van der Waals surface area contributed by atoms with E-state index in [0.717, 1.165) is 0 Å². The van der Waals surface area contributed by atoms with Gasteiger partial charge >= 0.3 is 5.97 Å². The molecule has 1 aromatic carbocycles. The highest BCUT2D eigenvalue weighted by Crippen LogP contribution is 2.09. The van der Waals surface area contributed by atoms with Gasteiger partial charge in [0.05, 0.1) is 4.90 Å². The molecule has 0 bridgehead atoms. The molecule has 7 heteroatoms. The van der Waals surface area contributed by atoms with Crippen molar-refractivity contribution in [3.8, 4) is 0 Å². The molecule has 0 aliphatic rings. The molecule has 0 saturated carbocycles. The van der Waals surface area contributed by atoms with Crippen LogP contribution in [0.4, 0.5) is 0 Å². The van der Waals surface area contributed by atoms with Gasteiger partial charge in [0.1, 0.15) is 0 Å². The van der Waals surface area contributed by atoms with E-state index in [2.05, 4.69) is 11.7 Å². The Kier molecular flexibility index (Phi) is 5.53. The summed E-state index contributed by atoms with van der Waals surface area (Å²) in [5, 5.41) is 8.33. The average molecular weight is 232 g/mol. The Hall–Kier alpha value is -1.44. The number of hydrazine groups is 1. The molecule has 0 unspecified atom stereocenters. The third-order valence-electron chi connectivity index (χ3n) is 1.42. The monoisotopic (exact) mass is 232 g/mol. The van der Waals surface area contributed by atoms with Crippen LogP contribution >= 0.6 is 0 Å². The summed E-state index contributed by atoms with van der Waals surface area (Å²) in [6, 6.07) is 7.51. The molecule has 0 spiro atoms. The van der Waals surface area contributed by atoms with Crippen molar-refractivity contribution in [2.45, 2.75) is 4.90 Å². The van der Waals surface area contributed by atoms with E-state index in [1.54, 1.807) is 18.2 Å². The summed E-state index contributed by atoms with van der Waals surface area (Å²) >= 11 is 0. The number of hydrogen-bond donors (Lipinski definition) is 3. The first-order valence-corrected chi connectivity index (χ1v) is 5.50. The summed E-state index contributed by atoms with van der Waals surface area (Å²) < 4.78 is 22.5. The number of sulfone groups is 1. The number of hydrogen-bond acceptors (Lipinski definition) is 5. The van der Waals surface area contributed by atoms with Crippen LogP contribution in [0.1, 0.15) is 0 Å². The van der Waals surface area contributed by atoms with Gasteiger partial charge in [-0.15, -0.1) is 0 Å². The number of carbonyl (C=O) groups is 1. The minimum atomic E-state index is -3.66. The zero-order valence-electron chi connectivity index (χ0n) is 7.83. The second kappa shape index (κ2) is 6.12. The fourth-order valence-electron chi connectivity index (χ4n) is 0.874. The third-order valence-corrected chi connectivity index (χ3v) is 3.03. The van der Waals surface area contributed by atoms with E-state index in [9.17, 15) is 13.2 Å². The lowest BCUT2D eigenvalue weighted by Gasteiger charge is -1.99. The van der Waals surface area contributed by atoms with Crippen molar-refractivity contribution in [2.24, 2.45) is 11.7 Å². The average Bonchev–Trinajstić information content (AvgIpc) is 2.20. The van der Waals surface area contributed by atoms with E-state index in [0.29, 0.717) is 0 Å². The normalized spacial score (nSPS) is 10.0. The van der Waals surface area contributed by atoms with Crippen LogP contribution < -0.4 is 11.7 Å². The van der Waals surface area contributed by atoms with Gasteiger partial charge in [-0.05, 0) is 12.1 Å². The van der Waals surface area contributed by atoms with Gasteiger partial charge in [0, 0.05) is 0 Å². The van der Waals surface area contributed by atoms with Gasteiger partial charge in [0.25, 0.3) is 0 Å². The van der Waals surface area contributed by atoms with E-state index >= 15 is 0 Å². The van der Waals surface area contributed by atoms with Gasteiger partial charge in [-0.25, -0.2) is 8.42 Å². The standard InChI is InChI=1S/C8H8O4S.H4N2/c9-8(10)6-13(11,12)7-4-2-1-3-5-7;1-2/h1-5H,6H2,(H,9,10);1-2H2. The minimum Gasteiger partial charge on any atom is -0.480 e. The van der Waals surface area contributed by atoms with E-state index < -0.39 is 21.6 Å². The number of rotatable bonds is 3. The number of nitrogens with two attached hydrogens (primary N) is 2. The van der Waals surface area contributed by atoms with Crippen molar-refractivity contribution in [2.75, 3.05) is 5.75 Å². The van der Waals surface area contributed by atoms with Gasteiger partial charge in [-0.1, -0.05) is 18.2 Å². The molecule has 1 aromatic rings. The highest BCUT2D eigenvalue weighted by atomic mass is 32.2. The maximum absolute atomic E-state index is 11.3. The first kappa shape index (κ1) is 13.6. The van der Waals surface area contributed by atoms with Crippen LogP contribution in [0.15, 0.2) is 35.2 Å². The molecule has 6 nitrogen and oxygen atoms in total. The SMILES string of the molecule is NN.O=C(O)CS(=O)(=O)c1ccccc1. The molecular weight excluding hydrogens is 220 g/mol. The first-order valence-electron chi connectivity index (χ1n) is 3.85. The molecule has 0 aromatic heterocycles. The Balaban J connectivity index is 0.000000921. The van der Waals surface area contributed by atoms with Crippen LogP contribution in [0, 0.1) is 0 Å². The summed E-state index contributed by atoms with van der Waals surface area (Å²) in [6.07, 6.45) is 0.